The van der Waals surface area contributed by atoms with Gasteiger partial charge in [0.15, 0.2) is 0 Å². The smallest absolute Gasteiger partial charge is 0.320 e. The third kappa shape index (κ3) is 2.92. The van der Waals surface area contributed by atoms with Crippen molar-refractivity contribution in [1.82, 2.24) is 10.2 Å². The number of rotatable bonds is 5. The van der Waals surface area contributed by atoms with Crippen molar-refractivity contribution in [3.63, 3.8) is 0 Å². The molecule has 0 aromatic rings. The van der Waals surface area contributed by atoms with Crippen molar-refractivity contribution in [2.24, 2.45) is 0 Å². The summed E-state index contributed by atoms with van der Waals surface area (Å²) in [5, 5.41) is 11.8. The second-order valence-corrected chi connectivity index (χ2v) is 3.95. The predicted molar refractivity (Wildman–Crippen MR) is 55.5 cm³/mol. The van der Waals surface area contributed by atoms with Crippen LogP contribution in [0.15, 0.2) is 0 Å². The number of hydrogen-bond donors (Lipinski definition) is 2. The van der Waals surface area contributed by atoms with Gasteiger partial charge in [0.2, 0.25) is 5.91 Å². The molecule has 1 rings (SSSR count). The summed E-state index contributed by atoms with van der Waals surface area (Å²) in [4.78, 5) is 24.0. The second-order valence-electron chi connectivity index (χ2n) is 3.95. The minimum Gasteiger partial charge on any atom is -0.480 e. The Morgan fingerprint density at radius 3 is 2.80 bits per heavy atom. The highest BCUT2D eigenvalue weighted by Gasteiger charge is 2.32. The van der Waals surface area contributed by atoms with Gasteiger partial charge in [-0.15, -0.1) is 0 Å². The summed E-state index contributed by atoms with van der Waals surface area (Å²) in [6.45, 7) is 2.63. The van der Waals surface area contributed by atoms with E-state index >= 15 is 0 Å². The number of hydrogen-bond acceptors (Lipinski definition) is 3. The van der Waals surface area contributed by atoms with E-state index in [1.54, 1.807) is 11.9 Å². The maximum absolute atomic E-state index is 11.5. The minimum atomic E-state index is -0.876. The normalized spacial score (nSPS) is 23.2. The van der Waals surface area contributed by atoms with Gasteiger partial charge in [-0.3, -0.25) is 14.9 Å². The summed E-state index contributed by atoms with van der Waals surface area (Å²) >= 11 is 0. The molecule has 0 aromatic heterocycles. The quantitative estimate of drug-likeness (QED) is 0.679. The summed E-state index contributed by atoms with van der Waals surface area (Å²) in [5.74, 6) is -0.878. The van der Waals surface area contributed by atoms with E-state index in [4.69, 9.17) is 5.11 Å². The van der Waals surface area contributed by atoms with Crippen LogP contribution in [0.3, 0.4) is 0 Å². The molecule has 15 heavy (non-hydrogen) atoms. The van der Waals surface area contributed by atoms with Crippen LogP contribution < -0.4 is 5.32 Å². The fourth-order valence-electron chi connectivity index (χ4n) is 1.79. The number of likely N-dealkylation sites (tertiary alicyclic amines) is 1. The monoisotopic (exact) mass is 214 g/mol. The molecule has 1 aliphatic rings. The fourth-order valence-corrected chi connectivity index (χ4v) is 1.79. The van der Waals surface area contributed by atoms with E-state index in [1.807, 2.05) is 6.92 Å². The molecule has 1 aliphatic heterocycles. The van der Waals surface area contributed by atoms with Crippen LogP contribution in [0, 0.1) is 0 Å². The molecule has 1 fully saturated rings. The molecule has 0 aliphatic carbocycles. The number of carboxylic acid groups (broad SMARTS) is 1. The maximum Gasteiger partial charge on any atom is 0.320 e. The predicted octanol–water partition coefficient (Wildman–Crippen LogP) is 0.0600. The Hall–Kier alpha value is -1.10. The van der Waals surface area contributed by atoms with Crippen LogP contribution in [0.2, 0.25) is 0 Å². The van der Waals surface area contributed by atoms with Gasteiger partial charge in [0.25, 0.3) is 0 Å². The summed E-state index contributed by atoms with van der Waals surface area (Å²) in [6, 6.07) is -0.918. The van der Waals surface area contributed by atoms with E-state index in [0.717, 1.165) is 6.42 Å². The lowest BCUT2D eigenvalue weighted by atomic mass is 10.1. The highest BCUT2D eigenvalue weighted by atomic mass is 16.4. The van der Waals surface area contributed by atoms with Gasteiger partial charge in [0, 0.05) is 13.6 Å². The van der Waals surface area contributed by atoms with Crippen molar-refractivity contribution in [3.8, 4) is 0 Å². The number of amides is 1. The molecule has 0 saturated carbocycles. The van der Waals surface area contributed by atoms with Crippen LogP contribution in [-0.4, -0.2) is 47.6 Å². The van der Waals surface area contributed by atoms with E-state index in [0.29, 0.717) is 19.4 Å². The third-order valence-electron chi connectivity index (χ3n) is 2.71. The lowest BCUT2D eigenvalue weighted by Gasteiger charge is -2.18. The molecule has 1 saturated heterocycles. The molecule has 86 valence electrons. The van der Waals surface area contributed by atoms with Gasteiger partial charge in [-0.05, 0) is 12.8 Å². The van der Waals surface area contributed by atoms with Crippen molar-refractivity contribution < 1.29 is 14.7 Å². The largest absolute Gasteiger partial charge is 0.480 e. The second kappa shape index (κ2) is 5.11. The van der Waals surface area contributed by atoms with Gasteiger partial charge < -0.3 is 10.0 Å². The first-order chi connectivity index (χ1) is 7.06. The lowest BCUT2D eigenvalue weighted by Crippen LogP contribution is -2.46. The molecule has 2 atom stereocenters. The molecule has 1 amide bonds. The van der Waals surface area contributed by atoms with Crippen molar-refractivity contribution in [2.45, 2.75) is 38.3 Å². The average Bonchev–Trinajstić information content (AvgIpc) is 2.48. The maximum atomic E-state index is 11.5. The van der Waals surface area contributed by atoms with E-state index in [2.05, 4.69) is 5.32 Å². The van der Waals surface area contributed by atoms with E-state index in [9.17, 15) is 9.59 Å². The highest BCUT2D eigenvalue weighted by molar-refractivity contribution is 5.84. The number of nitrogens with one attached hydrogen (secondary N) is 1. The Morgan fingerprint density at radius 2 is 2.40 bits per heavy atom. The zero-order valence-corrected chi connectivity index (χ0v) is 9.19. The molecule has 0 radical (unpaired) electrons. The number of carboxylic acids is 1. The number of nitrogens with zero attached hydrogens (tertiary/aromatic N) is 1. The van der Waals surface area contributed by atoms with Crippen LogP contribution in [0.25, 0.3) is 0 Å². The van der Waals surface area contributed by atoms with E-state index < -0.39 is 12.0 Å². The highest BCUT2D eigenvalue weighted by Crippen LogP contribution is 2.10. The number of aliphatic carboxylic acids is 1. The first-order valence-corrected chi connectivity index (χ1v) is 5.30. The Bertz CT molecular complexity index is 253. The molecule has 5 nitrogen and oxygen atoms in total. The molecule has 1 heterocycles. The van der Waals surface area contributed by atoms with Gasteiger partial charge >= 0.3 is 5.97 Å². The zero-order chi connectivity index (χ0) is 11.4. The van der Waals surface area contributed by atoms with E-state index in [1.165, 1.54) is 0 Å². The number of carbonyl (C=O) groups excluding carboxylic acids is 1. The fraction of sp³-hybridized carbons (Fsp3) is 0.800. The van der Waals surface area contributed by atoms with Crippen molar-refractivity contribution in [1.29, 1.82) is 0 Å². The summed E-state index contributed by atoms with van der Waals surface area (Å²) in [5.41, 5.74) is 0. The molecule has 2 unspecified atom stereocenters. The van der Waals surface area contributed by atoms with Crippen LogP contribution in [0.1, 0.15) is 26.2 Å². The molecular formula is C10H18N2O3. The zero-order valence-electron chi connectivity index (χ0n) is 9.19. The van der Waals surface area contributed by atoms with Crippen molar-refractivity contribution in [3.05, 3.63) is 0 Å². The van der Waals surface area contributed by atoms with Crippen molar-refractivity contribution in [2.75, 3.05) is 13.6 Å². The molecule has 0 aromatic carbocycles. The topological polar surface area (TPSA) is 69.6 Å². The first kappa shape index (κ1) is 12.0. The average molecular weight is 214 g/mol. The summed E-state index contributed by atoms with van der Waals surface area (Å²) in [6.07, 6.45) is 2.05. The van der Waals surface area contributed by atoms with Crippen LogP contribution in [-0.2, 0) is 9.59 Å². The summed E-state index contributed by atoms with van der Waals surface area (Å²) < 4.78 is 0. The number of carbonyl (C=O) groups is 2. The molecule has 0 spiro atoms. The van der Waals surface area contributed by atoms with Gasteiger partial charge in [-0.2, -0.15) is 0 Å². The SMILES string of the molecule is CCCC(NC1CCN(C)C1=O)C(=O)O. The summed E-state index contributed by atoms with van der Waals surface area (Å²) in [7, 11) is 1.74. The first-order valence-electron chi connectivity index (χ1n) is 5.30. The lowest BCUT2D eigenvalue weighted by molar-refractivity contribution is -0.140. The number of likely N-dealkylation sites (N-methyl/N-ethyl adjacent to an activating group) is 1. The van der Waals surface area contributed by atoms with Gasteiger partial charge in [-0.1, -0.05) is 13.3 Å². The Balaban J connectivity index is 2.51. The van der Waals surface area contributed by atoms with Gasteiger partial charge in [0.05, 0.1) is 6.04 Å². The van der Waals surface area contributed by atoms with Crippen LogP contribution >= 0.6 is 0 Å². The van der Waals surface area contributed by atoms with E-state index in [-0.39, 0.29) is 11.9 Å². The third-order valence-corrected chi connectivity index (χ3v) is 2.71. The molecule has 2 N–H and O–H groups in total. The molecular weight excluding hydrogens is 196 g/mol. The minimum absolute atomic E-state index is 0.00245. The standard InChI is InChI=1S/C10H18N2O3/c1-3-4-8(10(14)15)11-7-5-6-12(2)9(7)13/h7-8,11H,3-6H2,1-2H3,(H,14,15). The van der Waals surface area contributed by atoms with Crippen molar-refractivity contribution >= 4 is 11.9 Å². The van der Waals surface area contributed by atoms with Gasteiger partial charge in [0.1, 0.15) is 6.04 Å². The van der Waals surface area contributed by atoms with Gasteiger partial charge in [-0.25, -0.2) is 0 Å². The molecule has 5 heteroatoms. The Morgan fingerprint density at radius 1 is 1.73 bits per heavy atom. The Labute approximate surface area is 89.4 Å². The van der Waals surface area contributed by atoms with Crippen LogP contribution in [0.4, 0.5) is 0 Å². The van der Waals surface area contributed by atoms with Crippen LogP contribution in [0.5, 0.6) is 0 Å². The Kier molecular flexibility index (Phi) is 4.08. The molecule has 0 bridgehead atoms.